The van der Waals surface area contributed by atoms with Gasteiger partial charge < -0.3 is 5.32 Å². The number of rotatable bonds is 3. The van der Waals surface area contributed by atoms with Crippen LogP contribution >= 0.6 is 0 Å². The Labute approximate surface area is 117 Å². The number of nitrogens with one attached hydrogen (secondary N) is 2. The van der Waals surface area contributed by atoms with Gasteiger partial charge in [0.25, 0.3) is 10.0 Å². The molecule has 0 spiro atoms. The molecule has 1 aliphatic heterocycles. The number of carbonyl (C=O) groups excluding carboxylic acids is 1. The van der Waals surface area contributed by atoms with Gasteiger partial charge in [0.05, 0.1) is 11.4 Å². The molecule has 0 saturated carbocycles. The largest absolute Gasteiger partial charge is 0.343 e. The standard InChI is InChI=1S/C13H13N3O3S/c1-3-8-14-13(17)9(2)15-12-10-6-4-5-7-11(10)20(18,19)16-12/h1,4-7,9H,8H2,2H3,(H,14,17)(H,15,16)/t9-/m0/s1. The second-order valence-electron chi connectivity index (χ2n) is 4.18. The van der Waals surface area contributed by atoms with Crippen molar-refractivity contribution in [3.8, 4) is 12.3 Å². The Morgan fingerprint density at radius 2 is 2.20 bits per heavy atom. The van der Waals surface area contributed by atoms with Gasteiger partial charge >= 0.3 is 0 Å². The molecule has 1 amide bonds. The minimum atomic E-state index is -3.59. The van der Waals surface area contributed by atoms with E-state index in [0.717, 1.165) is 0 Å². The van der Waals surface area contributed by atoms with Crippen LogP contribution in [-0.2, 0) is 14.8 Å². The summed E-state index contributed by atoms with van der Waals surface area (Å²) in [7, 11) is -3.59. The number of carbonyl (C=O) groups is 1. The number of amidine groups is 1. The van der Waals surface area contributed by atoms with Crippen molar-refractivity contribution in [3.05, 3.63) is 29.8 Å². The highest BCUT2D eigenvalue weighted by atomic mass is 32.2. The molecule has 0 radical (unpaired) electrons. The summed E-state index contributed by atoms with van der Waals surface area (Å²) < 4.78 is 26.1. The monoisotopic (exact) mass is 291 g/mol. The third kappa shape index (κ3) is 2.65. The van der Waals surface area contributed by atoms with E-state index < -0.39 is 16.1 Å². The van der Waals surface area contributed by atoms with Gasteiger partial charge in [0.15, 0.2) is 0 Å². The lowest BCUT2D eigenvalue weighted by Gasteiger charge is -2.07. The number of benzene rings is 1. The van der Waals surface area contributed by atoms with Crippen molar-refractivity contribution in [3.63, 3.8) is 0 Å². The molecule has 2 rings (SSSR count). The minimum absolute atomic E-state index is 0.107. The van der Waals surface area contributed by atoms with Gasteiger partial charge in [-0.1, -0.05) is 18.1 Å². The second-order valence-corrected chi connectivity index (χ2v) is 5.83. The van der Waals surface area contributed by atoms with E-state index in [2.05, 4.69) is 21.0 Å². The van der Waals surface area contributed by atoms with Crippen molar-refractivity contribution in [1.29, 1.82) is 0 Å². The molecule has 1 aliphatic rings. The highest BCUT2D eigenvalue weighted by Gasteiger charge is 2.30. The fourth-order valence-corrected chi connectivity index (χ4v) is 3.01. The number of terminal acetylenes is 1. The van der Waals surface area contributed by atoms with E-state index in [0.29, 0.717) is 5.56 Å². The molecule has 0 aromatic heterocycles. The first-order valence-electron chi connectivity index (χ1n) is 5.87. The Bertz CT molecular complexity index is 717. The van der Waals surface area contributed by atoms with Crippen molar-refractivity contribution in [2.45, 2.75) is 17.9 Å². The fraction of sp³-hybridized carbons (Fsp3) is 0.231. The number of aliphatic imine (C=N–C) groups is 1. The Balaban J connectivity index is 2.30. The lowest BCUT2D eigenvalue weighted by molar-refractivity contribution is -0.121. The van der Waals surface area contributed by atoms with Crippen molar-refractivity contribution >= 4 is 21.8 Å². The fourth-order valence-electron chi connectivity index (χ4n) is 1.77. The third-order valence-electron chi connectivity index (χ3n) is 2.73. The Hall–Kier alpha value is -2.33. The van der Waals surface area contributed by atoms with E-state index in [-0.39, 0.29) is 23.2 Å². The number of hydrogen-bond acceptors (Lipinski definition) is 4. The van der Waals surface area contributed by atoms with Crippen LogP contribution < -0.4 is 10.0 Å². The molecule has 6 nitrogen and oxygen atoms in total. The van der Waals surface area contributed by atoms with Gasteiger partial charge in [-0.25, -0.2) is 8.42 Å². The predicted molar refractivity (Wildman–Crippen MR) is 74.6 cm³/mol. The molecule has 0 saturated heterocycles. The summed E-state index contributed by atoms with van der Waals surface area (Å²) in [5, 5.41) is 2.49. The summed E-state index contributed by atoms with van der Waals surface area (Å²) in [6, 6.07) is 5.72. The lowest BCUT2D eigenvalue weighted by Crippen LogP contribution is -2.34. The van der Waals surface area contributed by atoms with E-state index >= 15 is 0 Å². The number of hydrogen-bond donors (Lipinski definition) is 2. The average molecular weight is 291 g/mol. The first-order chi connectivity index (χ1) is 9.45. The van der Waals surface area contributed by atoms with Crippen LogP contribution in [0.1, 0.15) is 12.5 Å². The Morgan fingerprint density at radius 1 is 1.50 bits per heavy atom. The smallest absolute Gasteiger partial charge is 0.263 e. The van der Waals surface area contributed by atoms with E-state index in [4.69, 9.17) is 6.42 Å². The van der Waals surface area contributed by atoms with Crippen molar-refractivity contribution < 1.29 is 13.2 Å². The zero-order valence-electron chi connectivity index (χ0n) is 10.8. The maximum Gasteiger partial charge on any atom is 0.263 e. The quantitative estimate of drug-likeness (QED) is 0.760. The molecule has 104 valence electrons. The van der Waals surface area contributed by atoms with E-state index in [9.17, 15) is 13.2 Å². The average Bonchev–Trinajstić information content (AvgIpc) is 2.68. The van der Waals surface area contributed by atoms with Crippen LogP contribution in [0.25, 0.3) is 0 Å². The van der Waals surface area contributed by atoms with Crippen LogP contribution in [0.3, 0.4) is 0 Å². The van der Waals surface area contributed by atoms with Gasteiger partial charge in [0.2, 0.25) is 5.91 Å². The molecule has 0 bridgehead atoms. The summed E-state index contributed by atoms with van der Waals surface area (Å²) in [4.78, 5) is 15.9. The first-order valence-corrected chi connectivity index (χ1v) is 7.35. The maximum absolute atomic E-state index is 11.9. The van der Waals surface area contributed by atoms with Gasteiger partial charge in [-0.15, -0.1) is 6.42 Å². The van der Waals surface area contributed by atoms with Crippen molar-refractivity contribution in [2.75, 3.05) is 6.54 Å². The highest BCUT2D eigenvalue weighted by molar-refractivity contribution is 7.90. The van der Waals surface area contributed by atoms with E-state index in [1.165, 1.54) is 6.07 Å². The zero-order chi connectivity index (χ0) is 14.8. The highest BCUT2D eigenvalue weighted by Crippen LogP contribution is 2.22. The Kier molecular flexibility index (Phi) is 3.77. The molecule has 2 N–H and O–H groups in total. The predicted octanol–water partition coefficient (Wildman–Crippen LogP) is -0.137. The molecule has 1 atom stereocenters. The third-order valence-corrected chi connectivity index (χ3v) is 4.13. The molecule has 20 heavy (non-hydrogen) atoms. The van der Waals surface area contributed by atoms with Crippen molar-refractivity contribution in [1.82, 2.24) is 10.0 Å². The molecule has 0 aliphatic carbocycles. The molecule has 1 aromatic carbocycles. The number of sulfonamides is 1. The van der Waals surface area contributed by atoms with E-state index in [1.54, 1.807) is 25.1 Å². The van der Waals surface area contributed by atoms with Crippen molar-refractivity contribution in [2.24, 2.45) is 4.99 Å². The molecule has 0 unspecified atom stereocenters. The van der Waals surface area contributed by atoms with Crippen LogP contribution in [0.15, 0.2) is 34.2 Å². The Morgan fingerprint density at radius 3 is 2.90 bits per heavy atom. The first kappa shape index (κ1) is 14.1. The van der Waals surface area contributed by atoms with Gasteiger partial charge in [-0.3, -0.25) is 14.5 Å². The topological polar surface area (TPSA) is 87.6 Å². The summed E-state index contributed by atoms with van der Waals surface area (Å²) in [5.74, 6) is 2.09. The minimum Gasteiger partial charge on any atom is -0.343 e. The van der Waals surface area contributed by atoms with Crippen LogP contribution in [0.5, 0.6) is 0 Å². The van der Waals surface area contributed by atoms with Crippen LogP contribution in [0, 0.1) is 12.3 Å². The number of amides is 1. The van der Waals surface area contributed by atoms with E-state index in [1.807, 2.05) is 0 Å². The summed E-state index contributed by atoms with van der Waals surface area (Å²) in [5.41, 5.74) is 0.462. The van der Waals surface area contributed by atoms with Crippen LogP contribution in [0.4, 0.5) is 0 Å². The van der Waals surface area contributed by atoms with Crippen LogP contribution in [-0.4, -0.2) is 32.7 Å². The second kappa shape index (κ2) is 5.35. The van der Waals surface area contributed by atoms with Gasteiger partial charge in [0.1, 0.15) is 11.9 Å². The summed E-state index contributed by atoms with van der Waals surface area (Å²) >= 11 is 0. The zero-order valence-corrected chi connectivity index (χ0v) is 11.6. The summed E-state index contributed by atoms with van der Waals surface area (Å²) in [6.45, 7) is 1.67. The molecule has 1 aromatic rings. The SMILES string of the molecule is C#CCNC(=O)[C@H](C)N=C1NS(=O)(=O)c2ccccc21. The maximum atomic E-state index is 11.9. The normalized spacial score (nSPS) is 18.7. The molecule has 7 heteroatoms. The van der Waals surface area contributed by atoms with Crippen LogP contribution in [0.2, 0.25) is 0 Å². The number of nitrogens with zero attached hydrogens (tertiary/aromatic N) is 1. The number of fused-ring (bicyclic) bond motifs is 1. The molecule has 1 heterocycles. The molecular formula is C13H13N3O3S. The summed E-state index contributed by atoms with van der Waals surface area (Å²) in [6.07, 6.45) is 5.05. The van der Waals surface area contributed by atoms with Gasteiger partial charge in [-0.2, -0.15) is 0 Å². The molecular weight excluding hydrogens is 278 g/mol. The van der Waals surface area contributed by atoms with Gasteiger partial charge in [-0.05, 0) is 19.1 Å². The molecule has 0 fully saturated rings. The lowest BCUT2D eigenvalue weighted by atomic mass is 10.2. The van der Waals surface area contributed by atoms with Gasteiger partial charge in [0, 0.05) is 5.56 Å².